The zero-order chi connectivity index (χ0) is 19.1. The molecule has 0 aliphatic carbocycles. The zero-order valence-electron chi connectivity index (χ0n) is 15.1. The van der Waals surface area contributed by atoms with E-state index < -0.39 is 5.97 Å². The van der Waals surface area contributed by atoms with E-state index in [2.05, 4.69) is 17.1 Å². The summed E-state index contributed by atoms with van der Waals surface area (Å²) >= 11 is 0. The Balaban J connectivity index is 1.60. The largest absolute Gasteiger partial charge is 0.478 e. The minimum absolute atomic E-state index is 0.665. The maximum atomic E-state index is 10.4. The molecule has 0 saturated heterocycles. The smallest absolute Gasteiger partial charge is 0.328 e. The van der Waals surface area contributed by atoms with Crippen molar-refractivity contribution in [1.29, 1.82) is 0 Å². The van der Waals surface area contributed by atoms with Gasteiger partial charge in [0.05, 0.1) is 5.69 Å². The fourth-order valence-corrected chi connectivity index (χ4v) is 2.73. The lowest BCUT2D eigenvalue weighted by molar-refractivity contribution is -0.131. The molecule has 0 spiro atoms. The summed E-state index contributed by atoms with van der Waals surface area (Å²) in [5.41, 5.74) is 4.21. The molecule has 3 aromatic rings. The Bertz CT molecular complexity index is 951. The summed E-state index contributed by atoms with van der Waals surface area (Å²) in [4.78, 5) is 15.1. The summed E-state index contributed by atoms with van der Waals surface area (Å²) in [6, 6.07) is 18.1. The molecule has 27 heavy (non-hydrogen) atoms. The van der Waals surface area contributed by atoms with Crippen LogP contribution in [-0.2, 0) is 17.6 Å². The summed E-state index contributed by atoms with van der Waals surface area (Å²) < 4.78 is 5.81. The normalized spacial score (nSPS) is 11.4. The molecule has 0 aliphatic heterocycles. The van der Waals surface area contributed by atoms with Gasteiger partial charge in [0.2, 0.25) is 5.89 Å². The van der Waals surface area contributed by atoms with Crippen molar-refractivity contribution in [3.8, 4) is 11.5 Å². The first-order chi connectivity index (χ1) is 13.1. The summed E-state index contributed by atoms with van der Waals surface area (Å²) in [6.45, 7) is 1.95. The third kappa shape index (κ3) is 5.28. The number of carbonyl (C=O) groups is 1. The number of aliphatic carboxylic acids is 1. The van der Waals surface area contributed by atoms with E-state index >= 15 is 0 Å². The molecule has 136 valence electrons. The van der Waals surface area contributed by atoms with Crippen LogP contribution in [0.2, 0.25) is 0 Å². The lowest BCUT2D eigenvalue weighted by atomic mass is 10.1. The van der Waals surface area contributed by atoms with Crippen molar-refractivity contribution in [3.05, 3.63) is 95.4 Å². The van der Waals surface area contributed by atoms with Crippen molar-refractivity contribution >= 4 is 12.0 Å². The summed E-state index contributed by atoms with van der Waals surface area (Å²) in [6.07, 6.45) is 7.90. The number of hydrogen-bond acceptors (Lipinski definition) is 3. The van der Waals surface area contributed by atoms with Gasteiger partial charge in [-0.05, 0) is 43.0 Å². The second-order valence-corrected chi connectivity index (χ2v) is 6.19. The van der Waals surface area contributed by atoms with Gasteiger partial charge in [0.15, 0.2) is 0 Å². The lowest BCUT2D eigenvalue weighted by Gasteiger charge is -2.01. The van der Waals surface area contributed by atoms with Gasteiger partial charge in [0, 0.05) is 11.6 Å². The van der Waals surface area contributed by atoms with Crippen LogP contribution in [0.4, 0.5) is 0 Å². The molecule has 0 saturated carbocycles. The fraction of sp³-hybridized carbons (Fsp3) is 0.130. The van der Waals surface area contributed by atoms with Crippen molar-refractivity contribution in [2.45, 2.75) is 19.8 Å². The molecule has 0 aliphatic rings. The highest BCUT2D eigenvalue weighted by atomic mass is 16.4. The van der Waals surface area contributed by atoms with Crippen molar-refractivity contribution in [3.63, 3.8) is 0 Å². The van der Waals surface area contributed by atoms with Crippen molar-refractivity contribution < 1.29 is 14.3 Å². The van der Waals surface area contributed by atoms with E-state index in [1.165, 1.54) is 11.6 Å². The Morgan fingerprint density at radius 1 is 1.04 bits per heavy atom. The second kappa shape index (κ2) is 8.81. The average Bonchev–Trinajstić information content (AvgIpc) is 3.06. The maximum absolute atomic E-state index is 10.4. The molecule has 1 heterocycles. The number of nitrogens with zero attached hydrogens (tertiary/aromatic N) is 1. The molecule has 0 atom stereocenters. The number of aromatic nitrogens is 1. The van der Waals surface area contributed by atoms with Crippen molar-refractivity contribution in [2.75, 3.05) is 0 Å². The SMILES string of the molecule is Cc1oc(-c2ccccc2)nc1CCc1ccc(C=CC=CC(=O)O)cc1. The van der Waals surface area contributed by atoms with E-state index in [-0.39, 0.29) is 0 Å². The predicted molar refractivity (Wildman–Crippen MR) is 106 cm³/mol. The number of rotatable bonds is 7. The first kappa shape index (κ1) is 18.4. The topological polar surface area (TPSA) is 63.3 Å². The van der Waals surface area contributed by atoms with E-state index in [9.17, 15) is 4.79 Å². The van der Waals surface area contributed by atoms with Crippen LogP contribution < -0.4 is 0 Å². The molecule has 0 radical (unpaired) electrons. The molecule has 0 bridgehead atoms. The maximum Gasteiger partial charge on any atom is 0.328 e. The number of oxazole rings is 1. The molecule has 0 amide bonds. The molecular formula is C23H21NO3. The number of allylic oxidation sites excluding steroid dienone is 2. The second-order valence-electron chi connectivity index (χ2n) is 6.19. The molecule has 3 rings (SSSR count). The fourth-order valence-electron chi connectivity index (χ4n) is 2.73. The minimum Gasteiger partial charge on any atom is -0.478 e. The number of benzene rings is 2. The number of aryl methyl sites for hydroxylation is 3. The first-order valence-electron chi connectivity index (χ1n) is 8.80. The molecule has 1 aromatic heterocycles. The monoisotopic (exact) mass is 359 g/mol. The van der Waals surface area contributed by atoms with Gasteiger partial charge in [-0.15, -0.1) is 0 Å². The van der Waals surface area contributed by atoms with E-state index in [4.69, 9.17) is 9.52 Å². The van der Waals surface area contributed by atoms with Gasteiger partial charge in [0.1, 0.15) is 5.76 Å². The van der Waals surface area contributed by atoms with Crippen LogP contribution in [-0.4, -0.2) is 16.1 Å². The summed E-state index contributed by atoms with van der Waals surface area (Å²) in [5.74, 6) is 0.574. The predicted octanol–water partition coefficient (Wildman–Crippen LogP) is 5.09. The number of carboxylic acid groups (broad SMARTS) is 1. The van der Waals surface area contributed by atoms with E-state index in [0.717, 1.165) is 41.5 Å². The first-order valence-corrected chi connectivity index (χ1v) is 8.80. The quantitative estimate of drug-likeness (QED) is 0.471. The average molecular weight is 359 g/mol. The van der Waals surface area contributed by atoms with Crippen LogP contribution in [0.3, 0.4) is 0 Å². The standard InChI is InChI=1S/C23H21NO3/c1-17-21(24-23(27-17)20-8-3-2-4-9-20)16-15-19-13-11-18(12-14-19)7-5-6-10-22(25)26/h2-14H,15-16H2,1H3,(H,25,26). The van der Waals surface area contributed by atoms with Crippen LogP contribution >= 0.6 is 0 Å². The molecule has 0 fully saturated rings. The highest BCUT2D eigenvalue weighted by molar-refractivity contribution is 5.80. The van der Waals surface area contributed by atoms with Crippen LogP contribution in [0.25, 0.3) is 17.5 Å². The zero-order valence-corrected chi connectivity index (χ0v) is 15.1. The van der Waals surface area contributed by atoms with Gasteiger partial charge in [-0.1, -0.05) is 60.7 Å². The van der Waals surface area contributed by atoms with Crippen LogP contribution in [0, 0.1) is 6.92 Å². The molecular weight excluding hydrogens is 338 g/mol. The van der Waals surface area contributed by atoms with Crippen LogP contribution in [0.15, 0.2) is 77.2 Å². The Morgan fingerprint density at radius 2 is 1.78 bits per heavy atom. The van der Waals surface area contributed by atoms with Gasteiger partial charge in [-0.2, -0.15) is 0 Å². The van der Waals surface area contributed by atoms with Gasteiger partial charge < -0.3 is 9.52 Å². The summed E-state index contributed by atoms with van der Waals surface area (Å²) in [7, 11) is 0. The highest BCUT2D eigenvalue weighted by Crippen LogP contribution is 2.22. The number of carboxylic acids is 1. The third-order valence-corrected chi connectivity index (χ3v) is 4.18. The molecule has 1 N–H and O–H groups in total. The molecule has 4 nitrogen and oxygen atoms in total. The van der Waals surface area contributed by atoms with Gasteiger partial charge in [-0.25, -0.2) is 9.78 Å². The van der Waals surface area contributed by atoms with E-state index in [0.29, 0.717) is 5.89 Å². The van der Waals surface area contributed by atoms with Crippen molar-refractivity contribution in [2.24, 2.45) is 0 Å². The summed E-state index contributed by atoms with van der Waals surface area (Å²) in [5, 5.41) is 8.55. The van der Waals surface area contributed by atoms with Gasteiger partial charge >= 0.3 is 5.97 Å². The third-order valence-electron chi connectivity index (χ3n) is 4.18. The molecule has 0 unspecified atom stereocenters. The van der Waals surface area contributed by atoms with E-state index in [1.807, 2.05) is 55.5 Å². The van der Waals surface area contributed by atoms with Crippen molar-refractivity contribution in [1.82, 2.24) is 4.98 Å². The lowest BCUT2D eigenvalue weighted by Crippen LogP contribution is -1.93. The van der Waals surface area contributed by atoms with E-state index in [1.54, 1.807) is 6.08 Å². The van der Waals surface area contributed by atoms with Gasteiger partial charge in [-0.3, -0.25) is 0 Å². The number of hydrogen-bond donors (Lipinski definition) is 1. The Morgan fingerprint density at radius 3 is 2.48 bits per heavy atom. The molecule has 2 aromatic carbocycles. The molecule has 4 heteroatoms. The highest BCUT2D eigenvalue weighted by Gasteiger charge is 2.11. The Hall–Kier alpha value is -3.40. The van der Waals surface area contributed by atoms with Crippen LogP contribution in [0.5, 0.6) is 0 Å². The Labute approximate surface area is 158 Å². The minimum atomic E-state index is -0.950. The Kier molecular flexibility index (Phi) is 6.00. The van der Waals surface area contributed by atoms with Gasteiger partial charge in [0.25, 0.3) is 0 Å². The van der Waals surface area contributed by atoms with Crippen LogP contribution in [0.1, 0.15) is 22.6 Å².